The van der Waals surface area contributed by atoms with Gasteiger partial charge in [-0.2, -0.15) is 0 Å². The fourth-order valence-electron chi connectivity index (χ4n) is 5.91. The van der Waals surface area contributed by atoms with Crippen molar-refractivity contribution in [3.8, 4) is 0 Å². The summed E-state index contributed by atoms with van der Waals surface area (Å²) in [5.41, 5.74) is 3.33. The Labute approximate surface area is 185 Å². The van der Waals surface area contributed by atoms with E-state index < -0.39 is 6.10 Å². The van der Waals surface area contributed by atoms with Crippen molar-refractivity contribution in [2.24, 2.45) is 11.8 Å². The second kappa shape index (κ2) is 8.50. The molecule has 1 aromatic heterocycles. The predicted octanol–water partition coefficient (Wildman–Crippen LogP) is 1.88. The maximum Gasteiger partial charge on any atom is 0.131 e. The topological polar surface area (TPSA) is 33.1 Å². The molecule has 3 fully saturated rings. The summed E-state index contributed by atoms with van der Waals surface area (Å²) in [5, 5.41) is 12.8. The van der Waals surface area contributed by atoms with Crippen molar-refractivity contribution in [1.29, 1.82) is 0 Å². The van der Waals surface area contributed by atoms with Gasteiger partial charge in [-0.1, -0.05) is 54.6 Å². The van der Waals surface area contributed by atoms with Crippen LogP contribution in [0.5, 0.6) is 0 Å². The minimum absolute atomic E-state index is 0. The number of rotatable bonds is 5. The molecular formula is C26H29ClN2O. The molecule has 6 rings (SSSR count). The molecule has 3 aliphatic heterocycles. The molecule has 0 amide bonds. The van der Waals surface area contributed by atoms with E-state index in [1.807, 2.05) is 30.5 Å². The number of benzene rings is 2. The van der Waals surface area contributed by atoms with Crippen molar-refractivity contribution in [1.82, 2.24) is 4.98 Å². The van der Waals surface area contributed by atoms with Crippen molar-refractivity contribution in [2.45, 2.75) is 31.5 Å². The zero-order chi connectivity index (χ0) is 19.8. The quantitative estimate of drug-likeness (QED) is 0.505. The number of aromatic nitrogens is 1. The zero-order valence-electron chi connectivity index (χ0n) is 17.2. The smallest absolute Gasteiger partial charge is 0.131 e. The molecule has 4 heterocycles. The average molecular weight is 421 g/mol. The molecule has 1 N–H and O–H groups in total. The van der Waals surface area contributed by atoms with Crippen LogP contribution in [0.25, 0.3) is 10.9 Å². The van der Waals surface area contributed by atoms with Crippen LogP contribution in [0.3, 0.4) is 0 Å². The molecule has 5 atom stereocenters. The van der Waals surface area contributed by atoms with Crippen molar-refractivity contribution in [2.75, 3.05) is 13.1 Å². The highest BCUT2D eigenvalue weighted by Gasteiger charge is 2.53. The van der Waals surface area contributed by atoms with Gasteiger partial charge in [0, 0.05) is 35.9 Å². The number of fused-ring (bicyclic) bond motifs is 4. The molecule has 156 valence electrons. The second-order valence-corrected chi connectivity index (χ2v) is 8.88. The summed E-state index contributed by atoms with van der Waals surface area (Å²) in [6.07, 6.45) is 5.79. The molecule has 3 nitrogen and oxygen atoms in total. The lowest BCUT2D eigenvalue weighted by Gasteiger charge is -2.58. The van der Waals surface area contributed by atoms with Gasteiger partial charge in [0.1, 0.15) is 18.7 Å². The van der Waals surface area contributed by atoms with Crippen LogP contribution in [0.15, 0.2) is 79.5 Å². The number of nitrogens with zero attached hydrogens (tertiary/aromatic N) is 2. The average Bonchev–Trinajstić information content (AvgIpc) is 2.78. The number of para-hydroxylation sites is 1. The molecule has 2 aromatic carbocycles. The Kier molecular flexibility index (Phi) is 5.97. The Morgan fingerprint density at radius 3 is 2.67 bits per heavy atom. The molecule has 1 unspecified atom stereocenters. The summed E-state index contributed by atoms with van der Waals surface area (Å²) < 4.78 is 0.953. The Balaban J connectivity index is 0.00000218. The number of quaternary nitrogens is 1. The van der Waals surface area contributed by atoms with E-state index in [2.05, 4.69) is 54.0 Å². The number of piperidine rings is 3. The first-order chi connectivity index (χ1) is 14.2. The van der Waals surface area contributed by atoms with Crippen LogP contribution in [-0.2, 0) is 6.54 Å². The lowest BCUT2D eigenvalue weighted by atomic mass is 9.71. The summed E-state index contributed by atoms with van der Waals surface area (Å²) in [6, 6.07) is 21.2. The molecule has 3 aliphatic rings. The van der Waals surface area contributed by atoms with Crippen molar-refractivity contribution >= 4 is 10.9 Å². The van der Waals surface area contributed by atoms with Crippen LogP contribution in [0.2, 0.25) is 0 Å². The molecular weight excluding hydrogens is 392 g/mol. The van der Waals surface area contributed by atoms with E-state index in [0.717, 1.165) is 47.0 Å². The second-order valence-electron chi connectivity index (χ2n) is 8.88. The third-order valence-electron chi connectivity index (χ3n) is 7.38. The minimum Gasteiger partial charge on any atom is -1.00 e. The first kappa shape index (κ1) is 21.0. The van der Waals surface area contributed by atoms with E-state index >= 15 is 0 Å². The maximum atomic E-state index is 11.7. The van der Waals surface area contributed by atoms with E-state index in [0.29, 0.717) is 11.8 Å². The summed E-state index contributed by atoms with van der Waals surface area (Å²) in [7, 11) is 0. The van der Waals surface area contributed by atoms with Gasteiger partial charge < -0.3 is 22.0 Å². The van der Waals surface area contributed by atoms with E-state index in [4.69, 9.17) is 0 Å². The highest BCUT2D eigenvalue weighted by molar-refractivity contribution is 5.82. The third-order valence-corrected chi connectivity index (χ3v) is 7.38. The Morgan fingerprint density at radius 2 is 1.87 bits per heavy atom. The van der Waals surface area contributed by atoms with Gasteiger partial charge in [-0.05, 0) is 23.6 Å². The van der Waals surface area contributed by atoms with Gasteiger partial charge in [0.05, 0.1) is 18.6 Å². The summed E-state index contributed by atoms with van der Waals surface area (Å²) in [5.74, 6) is 1.18. The van der Waals surface area contributed by atoms with Crippen LogP contribution in [0, 0.1) is 11.8 Å². The molecule has 4 heteroatoms. The number of hydrogen-bond donors (Lipinski definition) is 1. The van der Waals surface area contributed by atoms with Crippen LogP contribution in [0.4, 0.5) is 0 Å². The fourth-order valence-corrected chi connectivity index (χ4v) is 5.91. The minimum atomic E-state index is -0.486. The van der Waals surface area contributed by atoms with Gasteiger partial charge in [0.2, 0.25) is 0 Å². The maximum absolute atomic E-state index is 11.7. The van der Waals surface area contributed by atoms with Gasteiger partial charge in [-0.3, -0.25) is 4.98 Å². The van der Waals surface area contributed by atoms with Gasteiger partial charge in [0.25, 0.3) is 0 Å². The van der Waals surface area contributed by atoms with Crippen LogP contribution >= 0.6 is 0 Å². The fraction of sp³-hybridized carbons (Fsp3) is 0.346. The van der Waals surface area contributed by atoms with E-state index in [9.17, 15) is 5.11 Å². The van der Waals surface area contributed by atoms with E-state index in [1.165, 1.54) is 12.0 Å². The van der Waals surface area contributed by atoms with Crippen LogP contribution in [-0.4, -0.2) is 33.7 Å². The van der Waals surface area contributed by atoms with Crippen molar-refractivity contribution < 1.29 is 22.0 Å². The molecule has 0 spiro atoms. The van der Waals surface area contributed by atoms with Crippen LogP contribution < -0.4 is 12.4 Å². The Bertz CT molecular complexity index is 1020. The first-order valence-electron chi connectivity index (χ1n) is 10.7. The molecule has 30 heavy (non-hydrogen) atoms. The number of hydrogen-bond acceptors (Lipinski definition) is 2. The molecule has 3 saturated heterocycles. The number of pyridine rings is 1. The van der Waals surface area contributed by atoms with Crippen molar-refractivity contribution in [3.63, 3.8) is 0 Å². The highest BCUT2D eigenvalue weighted by Crippen LogP contribution is 2.47. The number of aliphatic hydroxyl groups excluding tert-OH is 1. The normalized spacial score (nSPS) is 28.6. The van der Waals surface area contributed by atoms with E-state index in [-0.39, 0.29) is 18.4 Å². The zero-order valence-corrected chi connectivity index (χ0v) is 18.0. The molecule has 0 aliphatic carbocycles. The first-order valence-corrected chi connectivity index (χ1v) is 10.7. The molecule has 0 radical (unpaired) electrons. The Morgan fingerprint density at radius 1 is 1.10 bits per heavy atom. The van der Waals surface area contributed by atoms with Gasteiger partial charge in [-0.15, -0.1) is 6.58 Å². The lowest BCUT2D eigenvalue weighted by molar-refractivity contribution is -0.984. The lowest BCUT2D eigenvalue weighted by Crippen LogP contribution is -3.00. The molecule has 3 aromatic rings. The number of aliphatic hydroxyl groups is 1. The third kappa shape index (κ3) is 3.56. The molecule has 0 saturated carbocycles. The largest absolute Gasteiger partial charge is 1.00 e. The Hall–Kier alpha value is -2.20. The standard InChI is InChI=1S/C26H29N2O.ClH/c1-2-20-18-28(17-19-8-4-3-5-9-19)15-13-21(20)16-25(28)26(29)23-12-14-27-24-11-7-6-10-22(23)24;/h2-12,14,20-21,25-26,29H,1,13,15-18H2;1H/q+1;/p-1/t20-,21+,25+,26-,28?;/m1./s1. The van der Waals surface area contributed by atoms with Crippen LogP contribution in [0.1, 0.15) is 30.1 Å². The molecule has 2 bridgehead atoms. The summed E-state index contributed by atoms with van der Waals surface area (Å²) in [6.45, 7) is 7.32. The van der Waals surface area contributed by atoms with Gasteiger partial charge in [0.15, 0.2) is 0 Å². The van der Waals surface area contributed by atoms with Gasteiger partial charge in [-0.25, -0.2) is 0 Å². The SMILES string of the molecule is C=C[C@@H]1C[N+]2(Cc3ccccc3)CC[C@H]1C[C@H]2[C@H](O)c1ccnc2ccccc12.[Cl-]. The number of halogens is 1. The summed E-state index contributed by atoms with van der Waals surface area (Å²) in [4.78, 5) is 4.50. The van der Waals surface area contributed by atoms with Crippen molar-refractivity contribution in [3.05, 3.63) is 90.6 Å². The monoisotopic (exact) mass is 420 g/mol. The van der Waals surface area contributed by atoms with E-state index in [1.54, 1.807) is 0 Å². The highest BCUT2D eigenvalue weighted by atomic mass is 35.5. The predicted molar refractivity (Wildman–Crippen MR) is 117 cm³/mol. The summed E-state index contributed by atoms with van der Waals surface area (Å²) >= 11 is 0. The van der Waals surface area contributed by atoms with Gasteiger partial charge >= 0.3 is 0 Å².